The number of hydrogen-bond acceptors (Lipinski definition) is 3. The molecule has 1 atom stereocenters. The van der Waals surface area contributed by atoms with Gasteiger partial charge in [0.15, 0.2) is 23.5 Å². The van der Waals surface area contributed by atoms with Crippen molar-refractivity contribution in [3.8, 4) is 5.75 Å². The van der Waals surface area contributed by atoms with Gasteiger partial charge in [-0.2, -0.15) is 0 Å². The number of rotatable bonds is 8. The van der Waals surface area contributed by atoms with Gasteiger partial charge in [-0.3, -0.25) is 0 Å². The first-order valence-corrected chi connectivity index (χ1v) is 10.5. The van der Waals surface area contributed by atoms with Gasteiger partial charge < -0.3 is 14.2 Å². The Labute approximate surface area is 167 Å². The van der Waals surface area contributed by atoms with E-state index in [0.29, 0.717) is 18.6 Å². The summed E-state index contributed by atoms with van der Waals surface area (Å²) < 4.78 is 45.6. The molecular formula is C23H32F2O3. The maximum atomic E-state index is 14.5. The minimum absolute atomic E-state index is 0.0292. The van der Waals surface area contributed by atoms with E-state index < -0.39 is 17.8 Å². The van der Waals surface area contributed by atoms with Crippen LogP contribution >= 0.6 is 0 Å². The first-order chi connectivity index (χ1) is 13.5. The lowest BCUT2D eigenvalue weighted by Gasteiger charge is -2.34. The van der Waals surface area contributed by atoms with Gasteiger partial charge in [-0.15, -0.1) is 0 Å². The molecule has 1 aromatic rings. The van der Waals surface area contributed by atoms with Crippen molar-refractivity contribution in [2.45, 2.75) is 70.8 Å². The van der Waals surface area contributed by atoms with Gasteiger partial charge >= 0.3 is 0 Å². The van der Waals surface area contributed by atoms with E-state index in [2.05, 4.69) is 13.0 Å². The molecule has 0 spiro atoms. The van der Waals surface area contributed by atoms with Crippen molar-refractivity contribution in [1.29, 1.82) is 0 Å². The Hall–Kier alpha value is -1.46. The highest BCUT2D eigenvalue weighted by Crippen LogP contribution is 2.33. The van der Waals surface area contributed by atoms with Crippen LogP contribution in [0, 0.1) is 11.7 Å². The third-order valence-electron chi connectivity index (χ3n) is 5.64. The summed E-state index contributed by atoms with van der Waals surface area (Å²) >= 11 is 0. The molecule has 2 aliphatic rings. The van der Waals surface area contributed by atoms with Crippen LogP contribution in [0.3, 0.4) is 0 Å². The molecule has 1 aliphatic heterocycles. The molecule has 1 unspecified atom stereocenters. The Balaban J connectivity index is 1.52. The van der Waals surface area contributed by atoms with E-state index in [1.54, 1.807) is 12.1 Å². The van der Waals surface area contributed by atoms with Gasteiger partial charge in [0, 0.05) is 5.56 Å². The predicted molar refractivity (Wildman–Crippen MR) is 106 cm³/mol. The van der Waals surface area contributed by atoms with Crippen molar-refractivity contribution in [1.82, 2.24) is 0 Å². The minimum atomic E-state index is -1.45. The number of halogens is 2. The van der Waals surface area contributed by atoms with E-state index in [9.17, 15) is 8.78 Å². The molecule has 0 aromatic heterocycles. The summed E-state index contributed by atoms with van der Waals surface area (Å²) in [6.07, 6.45) is 8.44. The van der Waals surface area contributed by atoms with Crippen LogP contribution in [0.2, 0.25) is 0 Å². The Morgan fingerprint density at radius 2 is 1.96 bits per heavy atom. The summed E-state index contributed by atoms with van der Waals surface area (Å²) in [6.45, 7) is 4.51. The van der Waals surface area contributed by atoms with Crippen LogP contribution in [-0.4, -0.2) is 25.5 Å². The van der Waals surface area contributed by atoms with Crippen LogP contribution in [0.5, 0.6) is 5.75 Å². The number of allylic oxidation sites excluding steroid dienone is 1. The van der Waals surface area contributed by atoms with Gasteiger partial charge in [-0.25, -0.2) is 8.78 Å². The third-order valence-corrected chi connectivity index (χ3v) is 5.64. The standard InChI is InChI=1S/C23H32F2O3/c1-3-5-17-6-8-18(9-7-17)14-26-21-11-10-19(13-20(21)24)22-27-15-23(25,12-4-2)16-28-22/h8,10-11,13,17,22H,3-7,9,12,14-16H2,1-2H3. The average molecular weight is 395 g/mol. The van der Waals surface area contributed by atoms with Crippen molar-refractivity contribution in [3.63, 3.8) is 0 Å². The number of alkyl halides is 1. The molecule has 3 nitrogen and oxygen atoms in total. The molecule has 156 valence electrons. The minimum Gasteiger partial charge on any atom is -0.486 e. The van der Waals surface area contributed by atoms with Crippen LogP contribution in [0.25, 0.3) is 0 Å². The lowest BCUT2D eigenvalue weighted by Crippen LogP contribution is -2.41. The molecular weight excluding hydrogens is 362 g/mol. The highest BCUT2D eigenvalue weighted by atomic mass is 19.1. The molecule has 28 heavy (non-hydrogen) atoms. The number of hydrogen-bond donors (Lipinski definition) is 0. The molecule has 0 amide bonds. The molecule has 0 radical (unpaired) electrons. The molecule has 1 saturated heterocycles. The Kier molecular flexibility index (Phi) is 7.47. The summed E-state index contributed by atoms with van der Waals surface area (Å²) in [5, 5.41) is 0. The average Bonchev–Trinajstić information content (AvgIpc) is 2.69. The first kappa shape index (κ1) is 21.3. The lowest BCUT2D eigenvalue weighted by atomic mass is 9.87. The van der Waals surface area contributed by atoms with Crippen molar-refractivity contribution in [3.05, 3.63) is 41.2 Å². The van der Waals surface area contributed by atoms with Crippen LogP contribution in [0.4, 0.5) is 8.78 Å². The fourth-order valence-corrected chi connectivity index (χ4v) is 4.02. The van der Waals surface area contributed by atoms with E-state index in [1.807, 2.05) is 6.92 Å². The van der Waals surface area contributed by atoms with E-state index in [1.165, 1.54) is 30.9 Å². The van der Waals surface area contributed by atoms with Crippen molar-refractivity contribution in [2.75, 3.05) is 19.8 Å². The first-order valence-electron chi connectivity index (χ1n) is 10.5. The largest absolute Gasteiger partial charge is 0.486 e. The van der Waals surface area contributed by atoms with Crippen molar-refractivity contribution in [2.24, 2.45) is 5.92 Å². The second-order valence-corrected chi connectivity index (χ2v) is 8.12. The highest BCUT2D eigenvalue weighted by molar-refractivity contribution is 5.30. The van der Waals surface area contributed by atoms with Crippen LogP contribution in [0.1, 0.15) is 70.6 Å². The monoisotopic (exact) mass is 394 g/mol. The highest BCUT2D eigenvalue weighted by Gasteiger charge is 2.36. The lowest BCUT2D eigenvalue weighted by molar-refractivity contribution is -0.239. The Morgan fingerprint density at radius 1 is 1.18 bits per heavy atom. The SMILES string of the molecule is CCCC1CC=C(COc2ccc(C3OCC(F)(CCC)CO3)cc2F)CC1. The Bertz CT molecular complexity index is 666. The summed E-state index contributed by atoms with van der Waals surface area (Å²) in [4.78, 5) is 0. The van der Waals surface area contributed by atoms with E-state index in [4.69, 9.17) is 14.2 Å². The zero-order chi connectivity index (χ0) is 20.0. The molecule has 1 fully saturated rings. The normalized spacial score (nSPS) is 28.1. The second kappa shape index (κ2) is 9.84. The maximum Gasteiger partial charge on any atom is 0.184 e. The van der Waals surface area contributed by atoms with Gasteiger partial charge in [-0.05, 0) is 49.3 Å². The van der Waals surface area contributed by atoms with Gasteiger partial charge in [0.2, 0.25) is 0 Å². The zero-order valence-corrected chi connectivity index (χ0v) is 17.0. The molecule has 1 heterocycles. The van der Waals surface area contributed by atoms with Crippen LogP contribution in [-0.2, 0) is 9.47 Å². The third kappa shape index (κ3) is 5.54. The van der Waals surface area contributed by atoms with Crippen LogP contribution < -0.4 is 4.74 Å². The van der Waals surface area contributed by atoms with Crippen molar-refractivity contribution < 1.29 is 23.0 Å². The quantitative estimate of drug-likeness (QED) is 0.485. The second-order valence-electron chi connectivity index (χ2n) is 8.12. The van der Waals surface area contributed by atoms with Crippen LogP contribution in [0.15, 0.2) is 29.8 Å². The van der Waals surface area contributed by atoms with E-state index in [-0.39, 0.29) is 19.0 Å². The van der Waals surface area contributed by atoms with E-state index >= 15 is 0 Å². The van der Waals surface area contributed by atoms with E-state index in [0.717, 1.165) is 25.2 Å². The summed E-state index contributed by atoms with van der Waals surface area (Å²) in [5.41, 5.74) is 0.337. The topological polar surface area (TPSA) is 27.7 Å². The maximum absolute atomic E-state index is 14.5. The fourth-order valence-electron chi connectivity index (χ4n) is 4.02. The van der Waals surface area contributed by atoms with Crippen molar-refractivity contribution >= 4 is 0 Å². The van der Waals surface area contributed by atoms with Gasteiger partial charge in [0.05, 0.1) is 13.2 Å². The summed E-state index contributed by atoms with van der Waals surface area (Å²) in [6, 6.07) is 4.68. The number of ether oxygens (including phenoxy) is 3. The number of benzene rings is 1. The zero-order valence-electron chi connectivity index (χ0n) is 17.0. The molecule has 1 aliphatic carbocycles. The predicted octanol–water partition coefficient (Wildman–Crippen LogP) is 6.28. The fraction of sp³-hybridized carbons (Fsp3) is 0.652. The summed E-state index contributed by atoms with van der Waals surface area (Å²) in [7, 11) is 0. The smallest absolute Gasteiger partial charge is 0.184 e. The molecule has 3 rings (SSSR count). The van der Waals surface area contributed by atoms with Gasteiger partial charge in [-0.1, -0.05) is 45.3 Å². The molecule has 5 heteroatoms. The van der Waals surface area contributed by atoms with Gasteiger partial charge in [0.1, 0.15) is 6.61 Å². The molecule has 0 saturated carbocycles. The van der Waals surface area contributed by atoms with Gasteiger partial charge in [0.25, 0.3) is 0 Å². The summed E-state index contributed by atoms with van der Waals surface area (Å²) in [5.74, 6) is 0.554. The molecule has 1 aromatic carbocycles. The molecule has 0 N–H and O–H groups in total. The molecule has 0 bridgehead atoms. The Morgan fingerprint density at radius 3 is 2.57 bits per heavy atom.